The molecule has 0 saturated heterocycles. The standard InChI is InChI=1S/C10H11N3O4/c1-16-10(15)7-5-13(12-11-7)8(6-14)9-3-2-4-17-9/h2-5,8,14H,6H2,1H3. The number of furan rings is 1. The zero-order valence-electron chi connectivity index (χ0n) is 9.11. The average molecular weight is 237 g/mol. The van der Waals surface area contributed by atoms with Crippen molar-refractivity contribution in [2.75, 3.05) is 13.7 Å². The molecule has 2 rings (SSSR count). The fraction of sp³-hybridized carbons (Fsp3) is 0.300. The molecule has 0 amide bonds. The van der Waals surface area contributed by atoms with Gasteiger partial charge in [-0.2, -0.15) is 0 Å². The highest BCUT2D eigenvalue weighted by atomic mass is 16.5. The Hall–Kier alpha value is -2.15. The highest BCUT2D eigenvalue weighted by Gasteiger charge is 2.19. The molecular weight excluding hydrogens is 226 g/mol. The molecule has 0 aliphatic carbocycles. The summed E-state index contributed by atoms with van der Waals surface area (Å²) in [6.45, 7) is -0.211. The molecule has 2 aromatic rings. The van der Waals surface area contributed by atoms with Gasteiger partial charge in [0.2, 0.25) is 0 Å². The molecule has 0 spiro atoms. The Kier molecular flexibility index (Phi) is 3.20. The number of aliphatic hydroxyl groups is 1. The second kappa shape index (κ2) is 4.79. The first-order valence-corrected chi connectivity index (χ1v) is 4.90. The minimum atomic E-state index is -0.576. The van der Waals surface area contributed by atoms with Crippen LogP contribution in [0.1, 0.15) is 22.3 Å². The zero-order chi connectivity index (χ0) is 12.3. The molecule has 0 saturated carbocycles. The van der Waals surface area contributed by atoms with Crippen LogP contribution in [-0.4, -0.2) is 39.8 Å². The Balaban J connectivity index is 2.26. The monoisotopic (exact) mass is 237 g/mol. The Morgan fingerprint density at radius 3 is 3.12 bits per heavy atom. The van der Waals surface area contributed by atoms with E-state index in [0.29, 0.717) is 5.76 Å². The van der Waals surface area contributed by atoms with E-state index in [1.54, 1.807) is 12.1 Å². The van der Waals surface area contributed by atoms with Crippen LogP contribution in [0.2, 0.25) is 0 Å². The normalized spacial score (nSPS) is 12.4. The molecule has 90 valence electrons. The lowest BCUT2D eigenvalue weighted by Gasteiger charge is -2.10. The predicted octanol–water partition coefficient (Wildman–Crippen LogP) is 0.239. The van der Waals surface area contributed by atoms with Crippen LogP contribution in [0, 0.1) is 0 Å². The Labute approximate surface area is 96.6 Å². The maximum atomic E-state index is 11.2. The fourth-order valence-corrected chi connectivity index (χ4v) is 1.41. The van der Waals surface area contributed by atoms with E-state index in [1.807, 2.05) is 0 Å². The molecule has 0 aromatic carbocycles. The molecule has 7 heteroatoms. The first kappa shape index (κ1) is 11.3. The number of methoxy groups -OCH3 is 1. The zero-order valence-corrected chi connectivity index (χ0v) is 9.11. The molecular formula is C10H11N3O4. The van der Waals surface area contributed by atoms with Gasteiger partial charge < -0.3 is 14.3 Å². The second-order valence-corrected chi connectivity index (χ2v) is 3.29. The van der Waals surface area contributed by atoms with E-state index in [4.69, 9.17) is 4.42 Å². The van der Waals surface area contributed by atoms with Gasteiger partial charge in [-0.1, -0.05) is 5.21 Å². The number of aromatic nitrogens is 3. The van der Waals surface area contributed by atoms with E-state index in [0.717, 1.165) is 0 Å². The van der Waals surface area contributed by atoms with E-state index in [-0.39, 0.29) is 12.3 Å². The van der Waals surface area contributed by atoms with Gasteiger partial charge in [0.25, 0.3) is 0 Å². The summed E-state index contributed by atoms with van der Waals surface area (Å²) in [5, 5.41) is 16.7. The first-order valence-electron chi connectivity index (χ1n) is 4.90. The summed E-state index contributed by atoms with van der Waals surface area (Å²) in [6.07, 6.45) is 2.89. The molecule has 1 N–H and O–H groups in total. The van der Waals surface area contributed by atoms with Gasteiger partial charge in [0, 0.05) is 0 Å². The Morgan fingerprint density at radius 1 is 1.71 bits per heavy atom. The average Bonchev–Trinajstić information content (AvgIpc) is 3.00. The van der Waals surface area contributed by atoms with Crippen molar-refractivity contribution in [2.45, 2.75) is 6.04 Å². The highest BCUT2D eigenvalue weighted by molar-refractivity contribution is 5.86. The molecule has 1 unspecified atom stereocenters. The summed E-state index contributed by atoms with van der Waals surface area (Å²) in [4.78, 5) is 11.2. The van der Waals surface area contributed by atoms with Crippen molar-refractivity contribution in [2.24, 2.45) is 0 Å². The van der Waals surface area contributed by atoms with Crippen LogP contribution in [0.15, 0.2) is 29.0 Å². The largest absolute Gasteiger partial charge is 0.467 e. The molecule has 0 radical (unpaired) electrons. The van der Waals surface area contributed by atoms with Gasteiger partial charge in [-0.3, -0.25) is 0 Å². The molecule has 0 bridgehead atoms. The van der Waals surface area contributed by atoms with Gasteiger partial charge >= 0.3 is 5.97 Å². The summed E-state index contributed by atoms with van der Waals surface area (Å²) < 4.78 is 11.0. The van der Waals surface area contributed by atoms with Crippen molar-refractivity contribution in [3.8, 4) is 0 Å². The molecule has 2 aromatic heterocycles. The van der Waals surface area contributed by atoms with Crippen LogP contribution in [0.5, 0.6) is 0 Å². The van der Waals surface area contributed by atoms with Gasteiger partial charge in [0.1, 0.15) is 11.8 Å². The van der Waals surface area contributed by atoms with Gasteiger partial charge in [0.15, 0.2) is 5.69 Å². The molecule has 1 atom stereocenters. The summed E-state index contributed by atoms with van der Waals surface area (Å²) >= 11 is 0. The van der Waals surface area contributed by atoms with Crippen LogP contribution in [0.25, 0.3) is 0 Å². The smallest absolute Gasteiger partial charge is 0.360 e. The number of carbonyl (C=O) groups excluding carboxylic acids is 1. The van der Waals surface area contributed by atoms with E-state index in [9.17, 15) is 9.90 Å². The molecule has 17 heavy (non-hydrogen) atoms. The molecule has 2 heterocycles. The lowest BCUT2D eigenvalue weighted by atomic mass is 10.2. The van der Waals surface area contributed by atoms with Gasteiger partial charge in [-0.15, -0.1) is 5.10 Å². The summed E-state index contributed by atoms with van der Waals surface area (Å²) in [5.41, 5.74) is 0.0810. The van der Waals surface area contributed by atoms with E-state index >= 15 is 0 Å². The van der Waals surface area contributed by atoms with Crippen molar-refractivity contribution >= 4 is 5.97 Å². The van der Waals surface area contributed by atoms with E-state index in [1.165, 1.54) is 24.3 Å². The van der Waals surface area contributed by atoms with Crippen molar-refractivity contribution < 1.29 is 19.1 Å². The fourth-order valence-electron chi connectivity index (χ4n) is 1.41. The van der Waals surface area contributed by atoms with Gasteiger partial charge in [0.05, 0.1) is 26.2 Å². The first-order chi connectivity index (χ1) is 8.26. The summed E-state index contributed by atoms with van der Waals surface area (Å²) in [6, 6.07) is 2.91. The number of aliphatic hydroxyl groups excluding tert-OH is 1. The molecule has 7 nitrogen and oxygen atoms in total. The minimum absolute atomic E-state index is 0.0810. The second-order valence-electron chi connectivity index (χ2n) is 3.29. The van der Waals surface area contributed by atoms with Gasteiger partial charge in [-0.25, -0.2) is 9.48 Å². The number of ether oxygens (including phenoxy) is 1. The van der Waals surface area contributed by atoms with Gasteiger partial charge in [-0.05, 0) is 12.1 Å². The number of carbonyl (C=O) groups is 1. The molecule has 0 aliphatic rings. The van der Waals surface area contributed by atoms with Crippen LogP contribution in [0.4, 0.5) is 0 Å². The van der Waals surface area contributed by atoms with E-state index < -0.39 is 12.0 Å². The van der Waals surface area contributed by atoms with Crippen molar-refractivity contribution in [3.05, 3.63) is 36.0 Å². The van der Waals surface area contributed by atoms with Crippen LogP contribution < -0.4 is 0 Å². The number of hydrogen-bond acceptors (Lipinski definition) is 6. The van der Waals surface area contributed by atoms with Crippen LogP contribution in [0.3, 0.4) is 0 Å². The number of esters is 1. The van der Waals surface area contributed by atoms with Crippen LogP contribution >= 0.6 is 0 Å². The quantitative estimate of drug-likeness (QED) is 0.766. The minimum Gasteiger partial charge on any atom is -0.467 e. The Bertz CT molecular complexity index is 491. The van der Waals surface area contributed by atoms with Crippen LogP contribution in [-0.2, 0) is 4.74 Å². The third-order valence-electron chi connectivity index (χ3n) is 2.27. The molecule has 0 fully saturated rings. The third kappa shape index (κ3) is 2.18. The maximum absolute atomic E-state index is 11.2. The topological polar surface area (TPSA) is 90.4 Å². The Morgan fingerprint density at radius 2 is 2.53 bits per heavy atom. The van der Waals surface area contributed by atoms with Crippen molar-refractivity contribution in [1.29, 1.82) is 0 Å². The lowest BCUT2D eigenvalue weighted by molar-refractivity contribution is 0.0594. The summed E-state index contributed by atoms with van der Waals surface area (Å²) in [7, 11) is 1.26. The van der Waals surface area contributed by atoms with Crippen molar-refractivity contribution in [3.63, 3.8) is 0 Å². The number of hydrogen-bond donors (Lipinski definition) is 1. The van der Waals surface area contributed by atoms with Crippen molar-refractivity contribution in [1.82, 2.24) is 15.0 Å². The predicted molar refractivity (Wildman–Crippen MR) is 55.3 cm³/mol. The molecule has 0 aliphatic heterocycles. The lowest BCUT2D eigenvalue weighted by Crippen LogP contribution is -2.14. The SMILES string of the molecule is COC(=O)c1cn(C(CO)c2ccco2)nn1. The maximum Gasteiger partial charge on any atom is 0.360 e. The number of nitrogens with zero attached hydrogens (tertiary/aromatic N) is 3. The summed E-state index contributed by atoms with van der Waals surface area (Å²) in [5.74, 6) is -0.0406. The number of rotatable bonds is 4. The highest BCUT2D eigenvalue weighted by Crippen LogP contribution is 2.17. The van der Waals surface area contributed by atoms with E-state index in [2.05, 4.69) is 15.0 Å². The third-order valence-corrected chi connectivity index (χ3v) is 2.27.